The predicted octanol–water partition coefficient (Wildman–Crippen LogP) is 0.987. The number of nitrogens with one attached hydrogen (secondary N) is 3. The molecule has 0 aliphatic rings. The fourth-order valence-corrected chi connectivity index (χ4v) is 2.07. The van der Waals surface area contributed by atoms with Gasteiger partial charge in [-0.2, -0.15) is 5.10 Å². The molecule has 0 spiro atoms. The molecule has 1 aromatic heterocycles. The summed E-state index contributed by atoms with van der Waals surface area (Å²) in [5.74, 6) is 1.79. The number of rotatable bonds is 5. The first-order valence-corrected chi connectivity index (χ1v) is 8.10. The van der Waals surface area contributed by atoms with Gasteiger partial charge in [0.1, 0.15) is 5.82 Å². The van der Waals surface area contributed by atoms with Crippen LogP contribution in [0.2, 0.25) is 0 Å². The molecule has 24 heavy (non-hydrogen) atoms. The van der Waals surface area contributed by atoms with Crippen LogP contribution in [-0.2, 0) is 11.3 Å². The highest BCUT2D eigenvalue weighted by Crippen LogP contribution is 2.18. The van der Waals surface area contributed by atoms with Gasteiger partial charge in [-0.1, -0.05) is 28.1 Å². The average Bonchev–Trinajstić information content (AvgIpc) is 3.04. The molecule has 0 saturated heterocycles. The number of nitrogens with zero attached hydrogens (tertiary/aromatic N) is 4. The van der Waals surface area contributed by atoms with Gasteiger partial charge >= 0.3 is 0 Å². The van der Waals surface area contributed by atoms with Crippen LogP contribution >= 0.6 is 15.9 Å². The van der Waals surface area contributed by atoms with Crippen LogP contribution in [0, 0.1) is 0 Å². The van der Waals surface area contributed by atoms with E-state index in [9.17, 15) is 4.79 Å². The second-order valence-corrected chi connectivity index (χ2v) is 6.10. The zero-order valence-electron chi connectivity index (χ0n) is 13.8. The van der Waals surface area contributed by atoms with Crippen molar-refractivity contribution in [2.75, 3.05) is 27.7 Å². The van der Waals surface area contributed by atoms with E-state index in [0.29, 0.717) is 24.2 Å². The molecule has 0 unspecified atom stereocenters. The molecule has 1 heterocycles. The van der Waals surface area contributed by atoms with Crippen molar-refractivity contribution in [2.45, 2.75) is 6.54 Å². The summed E-state index contributed by atoms with van der Waals surface area (Å²) in [5, 5.41) is 13.1. The zero-order valence-corrected chi connectivity index (χ0v) is 15.4. The van der Waals surface area contributed by atoms with E-state index in [4.69, 9.17) is 0 Å². The normalized spacial score (nSPS) is 11.2. The minimum atomic E-state index is -0.0323. The molecular formula is C15H20BrN7O. The number of likely N-dealkylation sites (N-methyl/N-ethyl adjacent to an activating group) is 1. The highest BCUT2D eigenvalue weighted by Gasteiger charge is 2.08. The van der Waals surface area contributed by atoms with Crippen molar-refractivity contribution in [3.05, 3.63) is 34.6 Å². The molecule has 1 amide bonds. The molecule has 0 fully saturated rings. The van der Waals surface area contributed by atoms with Gasteiger partial charge in [0.15, 0.2) is 11.8 Å². The number of hydrogen-bond donors (Lipinski definition) is 3. The van der Waals surface area contributed by atoms with Crippen LogP contribution in [0.5, 0.6) is 0 Å². The van der Waals surface area contributed by atoms with E-state index < -0.39 is 0 Å². The van der Waals surface area contributed by atoms with Gasteiger partial charge in [0, 0.05) is 31.2 Å². The fourth-order valence-electron chi connectivity index (χ4n) is 1.81. The Morgan fingerprint density at radius 2 is 2.00 bits per heavy atom. The van der Waals surface area contributed by atoms with Crippen LogP contribution in [0.4, 0.5) is 0 Å². The van der Waals surface area contributed by atoms with Gasteiger partial charge in [0.2, 0.25) is 5.91 Å². The maximum absolute atomic E-state index is 11.6. The number of H-pyrrole nitrogens is 1. The number of carbonyl (C=O) groups excluding carboxylic acids is 1. The summed E-state index contributed by atoms with van der Waals surface area (Å²) in [6.07, 6.45) is 0. The van der Waals surface area contributed by atoms with E-state index in [2.05, 4.69) is 46.7 Å². The highest BCUT2D eigenvalue weighted by atomic mass is 79.9. The standard InChI is InChI=1S/C15H20BrN7O/c1-17-15(19-9-13(24)23(2)3)18-8-12-20-14(22-21-12)10-4-6-11(16)7-5-10/h4-7H,8-9H2,1-3H3,(H2,17,18,19)(H,20,21,22). The number of guanidine groups is 1. The molecule has 0 aliphatic carbocycles. The summed E-state index contributed by atoms with van der Waals surface area (Å²) in [4.78, 5) is 21.6. The Kier molecular flexibility index (Phi) is 6.30. The quantitative estimate of drug-likeness (QED) is 0.519. The van der Waals surface area contributed by atoms with Crippen LogP contribution in [0.15, 0.2) is 33.7 Å². The number of hydrogen-bond acceptors (Lipinski definition) is 4. The van der Waals surface area contributed by atoms with Crippen molar-refractivity contribution in [3.8, 4) is 11.4 Å². The van der Waals surface area contributed by atoms with Gasteiger partial charge in [0.05, 0.1) is 13.1 Å². The Hall–Kier alpha value is -2.42. The largest absolute Gasteiger partial charge is 0.349 e. The lowest BCUT2D eigenvalue weighted by Crippen LogP contribution is -2.42. The van der Waals surface area contributed by atoms with Gasteiger partial charge in [-0.25, -0.2) is 4.98 Å². The smallest absolute Gasteiger partial charge is 0.241 e. The average molecular weight is 394 g/mol. The van der Waals surface area contributed by atoms with Gasteiger partial charge in [-0.15, -0.1) is 0 Å². The molecule has 0 bridgehead atoms. The van der Waals surface area contributed by atoms with E-state index in [1.165, 1.54) is 4.90 Å². The third-order valence-corrected chi connectivity index (χ3v) is 3.72. The Labute approximate surface area is 148 Å². The fraction of sp³-hybridized carbons (Fsp3) is 0.333. The van der Waals surface area contributed by atoms with E-state index in [1.54, 1.807) is 21.1 Å². The second-order valence-electron chi connectivity index (χ2n) is 5.18. The van der Waals surface area contributed by atoms with Crippen molar-refractivity contribution in [2.24, 2.45) is 4.99 Å². The number of benzene rings is 1. The monoisotopic (exact) mass is 393 g/mol. The second kappa shape index (κ2) is 8.44. The summed E-state index contributed by atoms with van der Waals surface area (Å²) < 4.78 is 1.01. The first-order chi connectivity index (χ1) is 11.5. The van der Waals surface area contributed by atoms with Crippen molar-refractivity contribution >= 4 is 27.8 Å². The summed E-state index contributed by atoms with van der Waals surface area (Å²) in [6, 6.07) is 7.77. The third kappa shape index (κ3) is 5.05. The highest BCUT2D eigenvalue weighted by molar-refractivity contribution is 9.10. The maximum Gasteiger partial charge on any atom is 0.241 e. The van der Waals surface area contributed by atoms with Crippen LogP contribution < -0.4 is 10.6 Å². The Bertz CT molecular complexity index is 709. The van der Waals surface area contributed by atoms with E-state index in [1.807, 2.05) is 24.3 Å². The van der Waals surface area contributed by atoms with Crippen molar-refractivity contribution < 1.29 is 4.79 Å². The lowest BCUT2D eigenvalue weighted by Gasteiger charge is -2.13. The van der Waals surface area contributed by atoms with Crippen molar-refractivity contribution in [1.82, 2.24) is 30.7 Å². The minimum absolute atomic E-state index is 0.0323. The summed E-state index contributed by atoms with van der Waals surface area (Å²) >= 11 is 3.40. The number of aliphatic imine (C=N–C) groups is 1. The van der Waals surface area contributed by atoms with Gasteiger partial charge in [-0.05, 0) is 12.1 Å². The van der Waals surface area contributed by atoms with Gasteiger partial charge < -0.3 is 15.5 Å². The Balaban J connectivity index is 1.90. The number of amides is 1. The SMILES string of the molecule is CN=C(NCC(=O)N(C)C)NCc1nc(-c2ccc(Br)cc2)n[nH]1. The molecule has 2 aromatic rings. The van der Waals surface area contributed by atoms with Crippen molar-refractivity contribution in [3.63, 3.8) is 0 Å². The molecule has 1 aromatic carbocycles. The van der Waals surface area contributed by atoms with Crippen LogP contribution in [0.1, 0.15) is 5.82 Å². The van der Waals surface area contributed by atoms with E-state index in [0.717, 1.165) is 10.0 Å². The minimum Gasteiger partial charge on any atom is -0.349 e. The molecule has 0 radical (unpaired) electrons. The molecule has 3 N–H and O–H groups in total. The number of aromatic nitrogens is 3. The summed E-state index contributed by atoms with van der Waals surface area (Å²) in [5.41, 5.74) is 0.930. The maximum atomic E-state index is 11.6. The van der Waals surface area contributed by atoms with Crippen molar-refractivity contribution in [1.29, 1.82) is 0 Å². The van der Waals surface area contributed by atoms with Crippen LogP contribution in [0.3, 0.4) is 0 Å². The first-order valence-electron chi connectivity index (χ1n) is 7.31. The first kappa shape index (κ1) is 17.9. The molecule has 8 nitrogen and oxygen atoms in total. The Morgan fingerprint density at radius 1 is 1.29 bits per heavy atom. The molecule has 2 rings (SSSR count). The molecule has 128 valence electrons. The van der Waals surface area contributed by atoms with Crippen LogP contribution in [0.25, 0.3) is 11.4 Å². The summed E-state index contributed by atoms with van der Waals surface area (Å²) in [7, 11) is 5.06. The predicted molar refractivity (Wildman–Crippen MR) is 96.4 cm³/mol. The molecule has 0 saturated carbocycles. The Morgan fingerprint density at radius 3 is 2.62 bits per heavy atom. The molecular weight excluding hydrogens is 374 g/mol. The number of halogens is 1. The molecule has 0 atom stereocenters. The molecule has 0 aliphatic heterocycles. The van der Waals surface area contributed by atoms with E-state index in [-0.39, 0.29) is 12.5 Å². The van der Waals surface area contributed by atoms with Crippen LogP contribution in [-0.4, -0.2) is 59.6 Å². The lowest BCUT2D eigenvalue weighted by molar-refractivity contribution is -0.127. The third-order valence-electron chi connectivity index (χ3n) is 3.19. The summed E-state index contributed by atoms with van der Waals surface area (Å²) in [6.45, 7) is 0.590. The van der Waals surface area contributed by atoms with Gasteiger partial charge in [0.25, 0.3) is 0 Å². The molecule has 9 heteroatoms. The van der Waals surface area contributed by atoms with Gasteiger partial charge in [-0.3, -0.25) is 14.9 Å². The topological polar surface area (TPSA) is 98.3 Å². The zero-order chi connectivity index (χ0) is 17.5. The van der Waals surface area contributed by atoms with E-state index >= 15 is 0 Å². The number of aromatic amines is 1. The lowest BCUT2D eigenvalue weighted by atomic mass is 10.2. The number of carbonyl (C=O) groups is 1.